The molecule has 0 bridgehead atoms. The zero-order valence-electron chi connectivity index (χ0n) is 20.0. The Morgan fingerprint density at radius 3 is 2.02 bits per heavy atom. The lowest BCUT2D eigenvalue weighted by atomic mass is 10.1. The number of nitrogens with one attached hydrogen (secondary N) is 2. The minimum absolute atomic E-state index is 0.772. The summed E-state index contributed by atoms with van der Waals surface area (Å²) in [5, 5.41) is 17.6. The largest absolute Gasteiger partial charge is 0.497 e. The van der Waals surface area contributed by atoms with Gasteiger partial charge in [0.2, 0.25) is 0 Å². The molecule has 4 N–H and O–H groups in total. The van der Waals surface area contributed by atoms with Crippen molar-refractivity contribution in [1.82, 2.24) is 19.9 Å². The van der Waals surface area contributed by atoms with E-state index in [9.17, 15) is 26.3 Å². The number of aromatic nitrogens is 4. The van der Waals surface area contributed by atoms with Gasteiger partial charge in [-0.15, -0.1) is 0 Å². The van der Waals surface area contributed by atoms with E-state index in [0.29, 0.717) is 0 Å². The van der Waals surface area contributed by atoms with Gasteiger partial charge < -0.3 is 25.3 Å². The molecule has 0 saturated carbocycles. The molecule has 4 heterocycles. The number of carboxylic acid groups (broad SMARTS) is 2. The normalized spacial score (nSPS) is 11.5. The fourth-order valence-electron chi connectivity index (χ4n) is 3.18. The summed E-state index contributed by atoms with van der Waals surface area (Å²) in [5.74, 6) is -3.12. The summed E-state index contributed by atoms with van der Waals surface area (Å²) in [6.07, 6.45) is -4.82. The smallest absolute Gasteiger partial charge is 0.490 e. The molecule has 0 fully saturated rings. The molecule has 4 aromatic rings. The first-order valence-electron chi connectivity index (χ1n) is 10.7. The molecule has 40 heavy (non-hydrogen) atoms. The topological polar surface area (TPSA) is 150 Å². The summed E-state index contributed by atoms with van der Waals surface area (Å²) in [5.41, 5.74) is 5.68. The van der Waals surface area contributed by atoms with Gasteiger partial charge in [0.1, 0.15) is 23.1 Å². The third-order valence-corrected chi connectivity index (χ3v) is 4.96. The number of alkyl halides is 6. The molecule has 1 aliphatic heterocycles. The van der Waals surface area contributed by atoms with Crippen LogP contribution in [-0.2, 0) is 9.59 Å². The maximum atomic E-state index is 10.6. The van der Waals surface area contributed by atoms with Crippen molar-refractivity contribution < 1.29 is 50.9 Å². The number of rotatable bonds is 2. The highest BCUT2D eigenvalue weighted by Gasteiger charge is 2.38. The summed E-state index contributed by atoms with van der Waals surface area (Å²) in [6.45, 7) is 0. The molecule has 0 aliphatic carbocycles. The molecular formula is C24H17F6N5O5. The Bertz CT molecular complexity index is 1420. The molecule has 3 aromatic heterocycles. The van der Waals surface area contributed by atoms with E-state index in [1.165, 1.54) is 0 Å². The number of ether oxygens (including phenoxy) is 1. The van der Waals surface area contributed by atoms with Gasteiger partial charge in [-0.3, -0.25) is 4.98 Å². The van der Waals surface area contributed by atoms with Crippen molar-refractivity contribution in [3.63, 3.8) is 0 Å². The number of hydrogen-bond donors (Lipinski definition) is 4. The third-order valence-electron chi connectivity index (χ3n) is 4.96. The van der Waals surface area contributed by atoms with Crippen LogP contribution in [-0.4, -0.2) is 61.5 Å². The number of anilines is 2. The van der Waals surface area contributed by atoms with Gasteiger partial charge >= 0.3 is 24.3 Å². The summed E-state index contributed by atoms with van der Waals surface area (Å²) < 4.78 is 68.7. The fraction of sp³-hybridized carbons (Fsp3) is 0.125. The number of aliphatic carboxylic acids is 2. The highest BCUT2D eigenvalue weighted by atomic mass is 19.4. The first-order chi connectivity index (χ1) is 18.7. The van der Waals surface area contributed by atoms with Crippen molar-refractivity contribution in [2.24, 2.45) is 0 Å². The Kier molecular flexibility index (Phi) is 8.61. The Balaban J connectivity index is 0.000000263. The zero-order valence-corrected chi connectivity index (χ0v) is 20.0. The van der Waals surface area contributed by atoms with Crippen LogP contribution in [0.4, 0.5) is 37.8 Å². The number of carboxylic acids is 2. The lowest BCUT2D eigenvalue weighted by Crippen LogP contribution is -2.21. The second kappa shape index (κ2) is 11.7. The highest BCUT2D eigenvalue weighted by molar-refractivity contribution is 5.95. The van der Waals surface area contributed by atoms with Crippen molar-refractivity contribution in [1.29, 1.82) is 0 Å². The van der Waals surface area contributed by atoms with Gasteiger partial charge in [0.25, 0.3) is 0 Å². The summed E-state index contributed by atoms with van der Waals surface area (Å²) in [7, 11) is 1.66. The number of methoxy groups -OCH3 is 1. The van der Waals surface area contributed by atoms with E-state index in [0.717, 1.165) is 51.2 Å². The fourth-order valence-corrected chi connectivity index (χ4v) is 3.18. The molecule has 5 rings (SSSR count). The van der Waals surface area contributed by atoms with Gasteiger partial charge in [0, 0.05) is 29.1 Å². The monoisotopic (exact) mass is 569 g/mol. The molecule has 10 nitrogen and oxygen atoms in total. The lowest BCUT2D eigenvalue weighted by molar-refractivity contribution is -0.193. The lowest BCUT2D eigenvalue weighted by Gasteiger charge is -2.07. The van der Waals surface area contributed by atoms with Crippen LogP contribution in [0.1, 0.15) is 0 Å². The van der Waals surface area contributed by atoms with Gasteiger partial charge in [-0.1, -0.05) is 0 Å². The van der Waals surface area contributed by atoms with Gasteiger partial charge in [-0.05, 0) is 42.5 Å². The summed E-state index contributed by atoms with van der Waals surface area (Å²) in [4.78, 5) is 34.9. The van der Waals surface area contributed by atoms with Crippen molar-refractivity contribution in [2.75, 3.05) is 12.4 Å². The number of nitrogens with zero attached hydrogens (tertiary/aromatic N) is 3. The maximum absolute atomic E-state index is 10.6. The van der Waals surface area contributed by atoms with Gasteiger partial charge in [0.15, 0.2) is 0 Å². The predicted octanol–water partition coefficient (Wildman–Crippen LogP) is 5.53. The third kappa shape index (κ3) is 7.03. The molecule has 16 heteroatoms. The first kappa shape index (κ1) is 29.4. The minimum Gasteiger partial charge on any atom is -0.497 e. The number of imidazole rings is 1. The molecule has 210 valence electrons. The minimum atomic E-state index is -5.08. The molecular weight excluding hydrogens is 552 g/mol. The molecule has 0 amide bonds. The first-order valence-corrected chi connectivity index (χ1v) is 10.7. The molecule has 0 unspecified atom stereocenters. The van der Waals surface area contributed by atoms with Crippen LogP contribution in [0.15, 0.2) is 61.1 Å². The van der Waals surface area contributed by atoms with Gasteiger partial charge in [-0.25, -0.2) is 19.6 Å². The van der Waals surface area contributed by atoms with Crippen LogP contribution >= 0.6 is 0 Å². The molecule has 0 radical (unpaired) electrons. The summed E-state index contributed by atoms with van der Waals surface area (Å²) in [6, 6.07) is 13.8. The van der Waals surface area contributed by atoms with Crippen LogP contribution in [0.2, 0.25) is 0 Å². The Morgan fingerprint density at radius 1 is 0.875 bits per heavy atom. The second-order valence-corrected chi connectivity index (χ2v) is 7.59. The second-order valence-electron chi connectivity index (χ2n) is 7.59. The van der Waals surface area contributed by atoms with E-state index in [1.54, 1.807) is 25.7 Å². The average Bonchev–Trinajstić information content (AvgIpc) is 3.29. The Morgan fingerprint density at radius 2 is 1.48 bits per heavy atom. The van der Waals surface area contributed by atoms with Crippen molar-refractivity contribution in [2.45, 2.75) is 12.4 Å². The number of hydrogen-bond acceptors (Lipinski definition) is 7. The van der Waals surface area contributed by atoms with Crippen molar-refractivity contribution in [3.8, 4) is 39.7 Å². The number of fused-ring (bicyclic) bond motifs is 5. The average molecular weight is 569 g/mol. The molecule has 1 aromatic carbocycles. The van der Waals surface area contributed by atoms with Crippen molar-refractivity contribution >= 4 is 23.4 Å². The van der Waals surface area contributed by atoms with Gasteiger partial charge in [0.05, 0.1) is 24.7 Å². The Labute approximate surface area is 220 Å². The SMILES string of the molecule is COc1ccc(-c2nc3c([nH]2)-c2ccncc2Nc2ncccc2-3)cc1.O=C(O)C(F)(F)F.O=C(O)C(F)(F)F. The van der Waals surface area contributed by atoms with E-state index in [-0.39, 0.29) is 0 Å². The number of H-pyrrole nitrogens is 1. The van der Waals surface area contributed by atoms with Crippen LogP contribution in [0.25, 0.3) is 33.9 Å². The van der Waals surface area contributed by atoms with E-state index in [2.05, 4.69) is 20.3 Å². The number of pyridine rings is 2. The predicted molar refractivity (Wildman–Crippen MR) is 128 cm³/mol. The number of halogens is 6. The maximum Gasteiger partial charge on any atom is 0.490 e. The Hall–Kier alpha value is -5.15. The van der Waals surface area contributed by atoms with Crippen molar-refractivity contribution in [3.05, 3.63) is 61.1 Å². The zero-order chi connectivity index (χ0) is 29.7. The number of benzene rings is 1. The number of aromatic amines is 1. The van der Waals surface area contributed by atoms with E-state index >= 15 is 0 Å². The molecule has 1 aliphatic rings. The number of carbonyl (C=O) groups is 2. The molecule has 0 saturated heterocycles. The van der Waals surface area contributed by atoms with Gasteiger partial charge in [-0.2, -0.15) is 26.3 Å². The van der Waals surface area contributed by atoms with Crippen LogP contribution in [0, 0.1) is 0 Å². The van der Waals surface area contributed by atoms with E-state index < -0.39 is 24.3 Å². The highest BCUT2D eigenvalue weighted by Crippen LogP contribution is 2.42. The van der Waals surface area contributed by atoms with Crippen LogP contribution < -0.4 is 10.1 Å². The quantitative estimate of drug-likeness (QED) is 0.201. The van der Waals surface area contributed by atoms with E-state index in [4.69, 9.17) is 29.5 Å². The molecule has 0 atom stereocenters. The molecule has 0 spiro atoms. The van der Waals surface area contributed by atoms with E-state index in [1.807, 2.05) is 42.5 Å². The van der Waals surface area contributed by atoms with Crippen LogP contribution in [0.5, 0.6) is 5.75 Å². The van der Waals surface area contributed by atoms with Crippen LogP contribution in [0.3, 0.4) is 0 Å². The summed E-state index contributed by atoms with van der Waals surface area (Å²) >= 11 is 0. The standard InChI is InChI=1S/C20H15N5O.2C2HF3O2/c1-26-13-6-4-12(5-7-13)19-24-17-14-8-10-21-11-16(14)23-20-15(18(17)25-19)3-2-9-22-20;2*3-2(4,5)1(6)7/h2-11H,1H3,(H,22,23)(H,24,25);2*(H,6,7).